The van der Waals surface area contributed by atoms with Gasteiger partial charge in [-0.05, 0) is 26.7 Å². The van der Waals surface area contributed by atoms with Gasteiger partial charge < -0.3 is 9.80 Å². The molecule has 0 saturated heterocycles. The van der Waals surface area contributed by atoms with Gasteiger partial charge in [0.15, 0.2) is 0 Å². The van der Waals surface area contributed by atoms with Crippen molar-refractivity contribution in [2.24, 2.45) is 0 Å². The number of hydrogen-bond acceptors (Lipinski definition) is 12. The first kappa shape index (κ1) is 37.1. The molecule has 0 fully saturated rings. The SMILES string of the molecule is CCCN(CCC)c1c([N+](=O)[O-])cc(C(F)(F)F)c2sc(=O)sc12.CCN(CC)c1c([N+](=O)[O-])cc(C(F)(F)F)c2sc(=O)sc12. The standard InChI is InChI=1S/C14H15F3N2O3S2.C12H11F3N2O3S2/c1-3-5-18(6-4-2)10-9(19(21)22)7-8(14(15,16)17)11-12(10)24-13(20)23-11;1-3-16(4-2)8-7(17(19)20)5-6(12(13,14)15)9-10(8)22-11(18)21-9/h7H,3-6H2,1-2H3;5H,3-4H2,1-2H3. The second kappa shape index (κ2) is 14.6. The van der Waals surface area contributed by atoms with Crippen LogP contribution in [0.15, 0.2) is 21.7 Å². The molecule has 46 heavy (non-hydrogen) atoms. The smallest absolute Gasteiger partial charge is 0.365 e. The number of fused-ring (bicyclic) bond motifs is 2. The van der Waals surface area contributed by atoms with Crippen LogP contribution in [0.4, 0.5) is 49.1 Å². The van der Waals surface area contributed by atoms with Crippen LogP contribution in [0.2, 0.25) is 0 Å². The van der Waals surface area contributed by atoms with Crippen molar-refractivity contribution in [1.29, 1.82) is 0 Å². The highest BCUT2D eigenvalue weighted by Gasteiger charge is 2.40. The Morgan fingerprint density at radius 1 is 0.630 bits per heavy atom. The summed E-state index contributed by atoms with van der Waals surface area (Å²) < 4.78 is 77.8. The Balaban J connectivity index is 0.000000251. The van der Waals surface area contributed by atoms with Gasteiger partial charge in [-0.3, -0.25) is 29.8 Å². The highest BCUT2D eigenvalue weighted by atomic mass is 32.2. The lowest BCUT2D eigenvalue weighted by Crippen LogP contribution is -2.26. The van der Waals surface area contributed by atoms with Gasteiger partial charge in [0.25, 0.3) is 19.5 Å². The molecule has 20 heteroatoms. The number of anilines is 2. The van der Waals surface area contributed by atoms with Crippen LogP contribution in [0.1, 0.15) is 51.7 Å². The van der Waals surface area contributed by atoms with Crippen LogP contribution in [0.5, 0.6) is 0 Å². The third-order valence-electron chi connectivity index (χ3n) is 6.51. The number of nitro groups is 2. The Bertz CT molecular complexity index is 1850. The van der Waals surface area contributed by atoms with Crippen LogP contribution >= 0.6 is 45.3 Å². The largest absolute Gasteiger partial charge is 0.418 e. The van der Waals surface area contributed by atoms with Gasteiger partial charge >= 0.3 is 12.4 Å². The summed E-state index contributed by atoms with van der Waals surface area (Å²) in [5.74, 6) is 0. The summed E-state index contributed by atoms with van der Waals surface area (Å²) in [6.45, 7) is 8.94. The second-order valence-electron chi connectivity index (χ2n) is 9.48. The van der Waals surface area contributed by atoms with Gasteiger partial charge in [0.2, 0.25) is 0 Å². The highest BCUT2D eigenvalue weighted by Crippen LogP contribution is 2.48. The third kappa shape index (κ3) is 7.77. The zero-order chi connectivity index (χ0) is 34.7. The van der Waals surface area contributed by atoms with E-state index in [0.29, 0.717) is 96.5 Å². The molecular weight excluding hydrogens is 707 g/mol. The normalized spacial score (nSPS) is 11.9. The van der Waals surface area contributed by atoms with Gasteiger partial charge in [0, 0.05) is 38.3 Å². The second-order valence-corrected chi connectivity index (χ2v) is 13.9. The van der Waals surface area contributed by atoms with Crippen molar-refractivity contribution in [1.82, 2.24) is 0 Å². The average molecular weight is 733 g/mol. The summed E-state index contributed by atoms with van der Waals surface area (Å²) in [7, 11) is 0. The molecule has 0 atom stereocenters. The number of hydrogen-bond donors (Lipinski definition) is 0. The fraction of sp³-hybridized carbons (Fsp3) is 0.462. The molecule has 4 rings (SSSR count). The zero-order valence-electron chi connectivity index (χ0n) is 24.5. The van der Waals surface area contributed by atoms with Crippen molar-refractivity contribution >= 4 is 86.9 Å². The maximum atomic E-state index is 13.3. The molecule has 0 saturated carbocycles. The van der Waals surface area contributed by atoms with E-state index in [-0.39, 0.29) is 30.2 Å². The van der Waals surface area contributed by atoms with Gasteiger partial charge in [-0.1, -0.05) is 59.2 Å². The lowest BCUT2D eigenvalue weighted by Gasteiger charge is -2.24. The summed E-state index contributed by atoms with van der Waals surface area (Å²) in [5, 5.41) is 22.6. The Kier molecular flexibility index (Phi) is 11.8. The summed E-state index contributed by atoms with van der Waals surface area (Å²) in [6.07, 6.45) is -8.15. The Labute approximate surface area is 272 Å². The maximum Gasteiger partial charge on any atom is 0.418 e. The van der Waals surface area contributed by atoms with Crippen molar-refractivity contribution in [3.63, 3.8) is 0 Å². The zero-order valence-corrected chi connectivity index (χ0v) is 27.8. The lowest BCUT2D eigenvalue weighted by atomic mass is 10.1. The topological polar surface area (TPSA) is 127 Å². The molecule has 0 aliphatic rings. The molecule has 0 aliphatic carbocycles. The summed E-state index contributed by atoms with van der Waals surface area (Å²) in [4.78, 5) is 47.6. The van der Waals surface area contributed by atoms with Crippen molar-refractivity contribution < 1.29 is 36.2 Å². The van der Waals surface area contributed by atoms with E-state index in [1.807, 2.05) is 13.8 Å². The summed E-state index contributed by atoms with van der Waals surface area (Å²) in [6, 6.07) is 1.08. The van der Waals surface area contributed by atoms with E-state index in [0.717, 1.165) is 0 Å². The first-order valence-electron chi connectivity index (χ1n) is 13.5. The van der Waals surface area contributed by atoms with E-state index in [4.69, 9.17) is 0 Å². The number of halogens is 6. The molecule has 0 amide bonds. The number of alkyl halides is 6. The average Bonchev–Trinajstić information content (AvgIpc) is 3.52. The molecule has 4 aromatic rings. The van der Waals surface area contributed by atoms with Crippen LogP contribution in [0, 0.1) is 20.2 Å². The van der Waals surface area contributed by atoms with Crippen LogP contribution < -0.4 is 17.9 Å². The van der Waals surface area contributed by atoms with Crippen LogP contribution in [0.25, 0.3) is 18.8 Å². The van der Waals surface area contributed by atoms with Crippen molar-refractivity contribution in [3.05, 3.63) is 61.2 Å². The van der Waals surface area contributed by atoms with Gasteiger partial charge in [-0.15, -0.1) is 0 Å². The first-order chi connectivity index (χ1) is 21.4. The number of rotatable bonds is 10. The highest BCUT2D eigenvalue weighted by molar-refractivity contribution is 7.36. The van der Waals surface area contributed by atoms with E-state index in [1.165, 1.54) is 0 Å². The molecular formula is C26H26F6N4O6S4. The van der Waals surface area contributed by atoms with Gasteiger partial charge in [0.05, 0.1) is 39.8 Å². The number of benzene rings is 2. The van der Waals surface area contributed by atoms with Crippen LogP contribution in [0.3, 0.4) is 0 Å². The monoisotopic (exact) mass is 732 g/mol. The minimum atomic E-state index is -4.76. The number of nitrogens with zero attached hydrogens (tertiary/aromatic N) is 4. The van der Waals surface area contributed by atoms with Gasteiger partial charge in [0.1, 0.15) is 11.4 Å². The quantitative estimate of drug-likeness (QED) is 0.0899. The molecule has 2 heterocycles. The third-order valence-corrected chi connectivity index (χ3v) is 10.9. The lowest BCUT2D eigenvalue weighted by molar-refractivity contribution is -0.384. The van der Waals surface area contributed by atoms with E-state index < -0.39 is 52.8 Å². The van der Waals surface area contributed by atoms with E-state index in [9.17, 15) is 56.2 Å². The number of nitro benzene ring substituents is 2. The molecule has 10 nitrogen and oxygen atoms in total. The Morgan fingerprint density at radius 2 is 0.957 bits per heavy atom. The molecule has 0 radical (unpaired) electrons. The molecule has 0 spiro atoms. The molecule has 0 aliphatic heterocycles. The van der Waals surface area contributed by atoms with E-state index in [2.05, 4.69) is 0 Å². The van der Waals surface area contributed by atoms with Gasteiger partial charge in [-0.2, -0.15) is 26.3 Å². The molecule has 0 N–H and O–H groups in total. The minimum Gasteiger partial charge on any atom is -0.365 e. The molecule has 0 unspecified atom stereocenters. The minimum absolute atomic E-state index is 0.0280. The van der Waals surface area contributed by atoms with Crippen molar-refractivity contribution in [2.45, 2.75) is 52.9 Å². The molecule has 2 aromatic heterocycles. The van der Waals surface area contributed by atoms with Crippen molar-refractivity contribution in [2.75, 3.05) is 36.0 Å². The molecule has 252 valence electrons. The molecule has 2 aromatic carbocycles. The predicted octanol–water partition coefficient (Wildman–Crippen LogP) is 8.97. The summed E-state index contributed by atoms with van der Waals surface area (Å²) in [5.41, 5.74) is -3.28. The fourth-order valence-corrected chi connectivity index (χ4v) is 9.24. The van der Waals surface area contributed by atoms with E-state index in [1.54, 1.807) is 23.6 Å². The maximum absolute atomic E-state index is 13.3. The molecule has 0 bridgehead atoms. The van der Waals surface area contributed by atoms with Crippen molar-refractivity contribution in [3.8, 4) is 0 Å². The Hall–Kier alpha value is -3.36. The fourth-order valence-electron chi connectivity index (χ4n) is 4.73. The van der Waals surface area contributed by atoms with Gasteiger partial charge in [-0.25, -0.2) is 0 Å². The first-order valence-corrected chi connectivity index (χ1v) is 16.8. The predicted molar refractivity (Wildman–Crippen MR) is 172 cm³/mol. The Morgan fingerprint density at radius 3 is 1.24 bits per heavy atom. The summed E-state index contributed by atoms with van der Waals surface area (Å²) >= 11 is 2.21. The van der Waals surface area contributed by atoms with E-state index >= 15 is 0 Å². The van der Waals surface area contributed by atoms with Crippen LogP contribution in [-0.2, 0) is 12.4 Å². The van der Waals surface area contributed by atoms with Crippen LogP contribution in [-0.4, -0.2) is 36.0 Å².